The molecule has 0 bridgehead atoms. The van der Waals surface area contributed by atoms with E-state index in [1.54, 1.807) is 28.6 Å². The van der Waals surface area contributed by atoms with Crippen LogP contribution < -0.4 is 5.56 Å². The van der Waals surface area contributed by atoms with Crippen LogP contribution in [0, 0.1) is 5.82 Å². The molecular formula is C20H17FN4OS. The number of nitrogens with zero attached hydrogens (tertiary/aromatic N) is 4. The minimum atomic E-state index is -0.273. The third kappa shape index (κ3) is 3.64. The summed E-state index contributed by atoms with van der Waals surface area (Å²) in [6.45, 7) is 0.416. The Labute approximate surface area is 159 Å². The minimum Gasteiger partial charge on any atom is -0.281 e. The second kappa shape index (κ2) is 7.36. The Balaban J connectivity index is 1.75. The molecule has 0 saturated carbocycles. The summed E-state index contributed by atoms with van der Waals surface area (Å²) >= 11 is 1.41. The van der Waals surface area contributed by atoms with Crippen molar-refractivity contribution in [2.45, 2.75) is 17.5 Å². The summed E-state index contributed by atoms with van der Waals surface area (Å²) in [5.41, 5.74) is 2.75. The molecule has 0 atom stereocenters. The number of hydrogen-bond acceptors (Lipinski definition) is 4. The zero-order valence-electron chi connectivity index (χ0n) is 14.7. The standard InChI is InChI=1S/C20H17FN4OS/c1-24-18-17(11-22-24)23-20(27-13-15-8-5-9-16(21)10-15)25(19(18)26)12-14-6-3-2-4-7-14/h2-11H,12-13H2,1H3. The average molecular weight is 380 g/mol. The quantitative estimate of drug-likeness (QED) is 0.392. The summed E-state index contributed by atoms with van der Waals surface area (Å²) < 4.78 is 16.6. The normalized spacial score (nSPS) is 11.2. The second-order valence-electron chi connectivity index (χ2n) is 6.19. The van der Waals surface area contributed by atoms with E-state index in [9.17, 15) is 9.18 Å². The molecule has 2 aromatic carbocycles. The first-order valence-corrected chi connectivity index (χ1v) is 9.44. The van der Waals surface area contributed by atoms with Crippen LogP contribution in [-0.2, 0) is 19.3 Å². The van der Waals surface area contributed by atoms with E-state index in [-0.39, 0.29) is 11.4 Å². The van der Waals surface area contributed by atoms with Gasteiger partial charge in [-0.2, -0.15) is 5.10 Å². The van der Waals surface area contributed by atoms with Crippen molar-refractivity contribution in [2.75, 3.05) is 0 Å². The lowest BCUT2D eigenvalue weighted by Crippen LogP contribution is -2.25. The molecule has 4 rings (SSSR count). The predicted octanol–water partition coefficient (Wildman–Crippen LogP) is 3.61. The Morgan fingerprint density at radius 1 is 1.07 bits per heavy atom. The number of thioether (sulfide) groups is 1. The maximum absolute atomic E-state index is 13.4. The summed E-state index contributed by atoms with van der Waals surface area (Å²) in [4.78, 5) is 17.7. The van der Waals surface area contributed by atoms with Gasteiger partial charge < -0.3 is 0 Å². The molecule has 7 heteroatoms. The third-order valence-electron chi connectivity index (χ3n) is 4.25. The first-order chi connectivity index (χ1) is 13.1. The third-order valence-corrected chi connectivity index (χ3v) is 5.30. The van der Waals surface area contributed by atoms with E-state index in [0.29, 0.717) is 28.5 Å². The first kappa shape index (κ1) is 17.5. The molecule has 27 heavy (non-hydrogen) atoms. The number of aromatic nitrogens is 4. The van der Waals surface area contributed by atoms with Gasteiger partial charge in [0.1, 0.15) is 11.3 Å². The lowest BCUT2D eigenvalue weighted by molar-refractivity contribution is 0.626. The first-order valence-electron chi connectivity index (χ1n) is 8.45. The van der Waals surface area contributed by atoms with E-state index >= 15 is 0 Å². The topological polar surface area (TPSA) is 52.7 Å². The Morgan fingerprint density at radius 2 is 1.85 bits per heavy atom. The molecule has 0 aliphatic heterocycles. The fourth-order valence-electron chi connectivity index (χ4n) is 2.92. The maximum Gasteiger partial charge on any atom is 0.280 e. The van der Waals surface area contributed by atoms with Gasteiger partial charge in [-0.3, -0.25) is 14.0 Å². The summed E-state index contributed by atoms with van der Waals surface area (Å²) in [7, 11) is 1.73. The van der Waals surface area contributed by atoms with Crippen molar-refractivity contribution in [2.24, 2.45) is 7.05 Å². The maximum atomic E-state index is 13.4. The van der Waals surface area contributed by atoms with Crippen LogP contribution in [-0.4, -0.2) is 19.3 Å². The van der Waals surface area contributed by atoms with Crippen LogP contribution in [0.1, 0.15) is 11.1 Å². The molecule has 136 valence electrons. The average Bonchev–Trinajstić information content (AvgIpc) is 3.04. The summed E-state index contributed by atoms with van der Waals surface area (Å²) in [5, 5.41) is 4.75. The largest absolute Gasteiger partial charge is 0.281 e. The molecule has 0 radical (unpaired) electrons. The highest BCUT2D eigenvalue weighted by Gasteiger charge is 2.15. The van der Waals surface area contributed by atoms with E-state index in [0.717, 1.165) is 11.1 Å². The Kier molecular flexibility index (Phi) is 4.77. The predicted molar refractivity (Wildman–Crippen MR) is 104 cm³/mol. The zero-order valence-corrected chi connectivity index (χ0v) is 15.5. The van der Waals surface area contributed by atoms with E-state index in [4.69, 9.17) is 0 Å². The smallest absolute Gasteiger partial charge is 0.280 e. The number of rotatable bonds is 5. The van der Waals surface area contributed by atoms with Crippen molar-refractivity contribution in [3.05, 3.63) is 88.1 Å². The molecule has 2 heterocycles. The molecule has 5 nitrogen and oxygen atoms in total. The van der Waals surface area contributed by atoms with Crippen LogP contribution in [0.2, 0.25) is 0 Å². The van der Waals surface area contributed by atoms with Crippen LogP contribution in [0.5, 0.6) is 0 Å². The van der Waals surface area contributed by atoms with E-state index in [1.807, 2.05) is 36.4 Å². The number of benzene rings is 2. The molecule has 2 aromatic heterocycles. The van der Waals surface area contributed by atoms with Crippen LogP contribution in [0.25, 0.3) is 11.0 Å². The molecule has 0 spiro atoms. The highest BCUT2D eigenvalue weighted by molar-refractivity contribution is 7.98. The minimum absolute atomic E-state index is 0.134. The molecule has 4 aromatic rings. The Hall–Kier alpha value is -2.93. The van der Waals surface area contributed by atoms with Crippen LogP contribution >= 0.6 is 11.8 Å². The fourth-order valence-corrected chi connectivity index (χ4v) is 3.87. The second-order valence-corrected chi connectivity index (χ2v) is 7.13. The van der Waals surface area contributed by atoms with E-state index < -0.39 is 0 Å². The van der Waals surface area contributed by atoms with Gasteiger partial charge in [0.15, 0.2) is 10.7 Å². The highest BCUT2D eigenvalue weighted by Crippen LogP contribution is 2.23. The van der Waals surface area contributed by atoms with Crippen LogP contribution in [0.3, 0.4) is 0 Å². The molecule has 0 unspecified atom stereocenters. The summed E-state index contributed by atoms with van der Waals surface area (Å²) in [5.74, 6) is 0.246. The number of hydrogen-bond donors (Lipinski definition) is 0. The van der Waals surface area contributed by atoms with Gasteiger partial charge in [-0.25, -0.2) is 9.37 Å². The molecule has 0 fully saturated rings. The Morgan fingerprint density at radius 3 is 2.63 bits per heavy atom. The van der Waals surface area contributed by atoms with Crippen LogP contribution in [0.4, 0.5) is 4.39 Å². The van der Waals surface area contributed by atoms with Gasteiger partial charge in [0.2, 0.25) is 0 Å². The van der Waals surface area contributed by atoms with Gasteiger partial charge in [-0.1, -0.05) is 54.2 Å². The van der Waals surface area contributed by atoms with Crippen molar-refractivity contribution in [1.29, 1.82) is 0 Å². The molecule has 0 saturated heterocycles. The highest BCUT2D eigenvalue weighted by atomic mass is 32.2. The van der Waals surface area contributed by atoms with Gasteiger partial charge in [0.25, 0.3) is 5.56 Å². The number of fused-ring (bicyclic) bond motifs is 1. The van der Waals surface area contributed by atoms with Crippen molar-refractivity contribution < 1.29 is 4.39 Å². The Bertz CT molecular complexity index is 1150. The summed E-state index contributed by atoms with van der Waals surface area (Å²) in [6.07, 6.45) is 1.59. The van der Waals surface area contributed by atoms with Gasteiger partial charge in [0, 0.05) is 12.8 Å². The monoisotopic (exact) mass is 380 g/mol. The number of aryl methyl sites for hydroxylation is 1. The van der Waals surface area contributed by atoms with Crippen molar-refractivity contribution >= 4 is 22.8 Å². The van der Waals surface area contributed by atoms with E-state index in [1.165, 1.54) is 23.9 Å². The van der Waals surface area contributed by atoms with Gasteiger partial charge in [-0.15, -0.1) is 0 Å². The lowest BCUT2D eigenvalue weighted by Gasteiger charge is -2.12. The molecule has 0 N–H and O–H groups in total. The van der Waals surface area contributed by atoms with Crippen molar-refractivity contribution in [3.8, 4) is 0 Å². The molecule has 0 amide bonds. The van der Waals surface area contributed by atoms with Crippen molar-refractivity contribution in [1.82, 2.24) is 19.3 Å². The lowest BCUT2D eigenvalue weighted by atomic mass is 10.2. The van der Waals surface area contributed by atoms with E-state index in [2.05, 4.69) is 10.1 Å². The molecule has 0 aliphatic rings. The zero-order chi connectivity index (χ0) is 18.8. The number of halogens is 1. The fraction of sp³-hybridized carbons (Fsp3) is 0.150. The van der Waals surface area contributed by atoms with Crippen LogP contribution in [0.15, 0.2) is 70.7 Å². The molecule has 0 aliphatic carbocycles. The van der Waals surface area contributed by atoms with Gasteiger partial charge in [0.05, 0.1) is 12.7 Å². The summed E-state index contributed by atoms with van der Waals surface area (Å²) in [6, 6.07) is 16.2. The molecular weight excluding hydrogens is 363 g/mol. The van der Waals surface area contributed by atoms with Gasteiger partial charge in [-0.05, 0) is 23.3 Å². The SMILES string of the molecule is Cn1ncc2nc(SCc3cccc(F)c3)n(Cc3ccccc3)c(=O)c21. The van der Waals surface area contributed by atoms with Gasteiger partial charge >= 0.3 is 0 Å². The van der Waals surface area contributed by atoms with Crippen molar-refractivity contribution in [3.63, 3.8) is 0 Å².